The number of carbonyl (C=O) groups excluding carboxylic acids is 1. The van der Waals surface area contributed by atoms with Gasteiger partial charge in [-0.15, -0.1) is 0 Å². The zero-order valence-electron chi connectivity index (χ0n) is 14.6. The van der Waals surface area contributed by atoms with E-state index in [-0.39, 0.29) is 24.4 Å². The van der Waals surface area contributed by atoms with E-state index < -0.39 is 5.60 Å². The topological polar surface area (TPSA) is 81.6 Å². The number of hydrogen-bond donors (Lipinski definition) is 4. The summed E-state index contributed by atoms with van der Waals surface area (Å²) in [6, 6.07) is 6.62. The number of phenols is 1. The molecule has 2 unspecified atom stereocenters. The number of phenolic OH excluding ortho intramolecular Hbond substituents is 1. The number of carbonyl (C=O) groups is 1. The first-order valence-electron chi connectivity index (χ1n) is 8.22. The molecule has 2 atom stereocenters. The van der Waals surface area contributed by atoms with Crippen LogP contribution in [-0.2, 0) is 6.42 Å². The SMILES string of the molecule is CC(C)CCC(C)(O)CNC(=O)NC(C)Cc1ccc(O)cc1. The van der Waals surface area contributed by atoms with E-state index in [1.165, 1.54) is 0 Å². The largest absolute Gasteiger partial charge is 0.508 e. The van der Waals surface area contributed by atoms with E-state index in [0.29, 0.717) is 18.8 Å². The molecule has 1 aromatic rings. The quantitative estimate of drug-likeness (QED) is 0.594. The summed E-state index contributed by atoms with van der Waals surface area (Å²) in [7, 11) is 0. The molecule has 1 aromatic carbocycles. The summed E-state index contributed by atoms with van der Waals surface area (Å²) in [6.45, 7) is 8.12. The first-order valence-corrected chi connectivity index (χ1v) is 8.22. The highest BCUT2D eigenvalue weighted by Crippen LogP contribution is 2.15. The van der Waals surface area contributed by atoms with Gasteiger partial charge in [0, 0.05) is 12.6 Å². The van der Waals surface area contributed by atoms with Gasteiger partial charge in [0.2, 0.25) is 0 Å². The third-order valence-corrected chi connectivity index (χ3v) is 3.75. The van der Waals surface area contributed by atoms with Gasteiger partial charge in [-0.05, 0) is 56.7 Å². The van der Waals surface area contributed by atoms with E-state index in [1.807, 2.05) is 19.1 Å². The second-order valence-electron chi connectivity index (χ2n) is 7.03. The number of benzene rings is 1. The Kier molecular flexibility index (Phi) is 7.36. The summed E-state index contributed by atoms with van der Waals surface area (Å²) in [5.74, 6) is 0.761. The minimum atomic E-state index is -0.887. The second-order valence-corrected chi connectivity index (χ2v) is 7.03. The Hall–Kier alpha value is -1.75. The minimum absolute atomic E-state index is 0.0415. The molecule has 0 heterocycles. The number of nitrogens with one attached hydrogen (secondary N) is 2. The number of aromatic hydroxyl groups is 1. The van der Waals surface area contributed by atoms with E-state index in [1.54, 1.807) is 19.1 Å². The zero-order chi connectivity index (χ0) is 17.5. The van der Waals surface area contributed by atoms with Crippen LogP contribution in [0.15, 0.2) is 24.3 Å². The van der Waals surface area contributed by atoms with E-state index in [0.717, 1.165) is 12.0 Å². The van der Waals surface area contributed by atoms with Crippen LogP contribution in [0.1, 0.15) is 46.1 Å². The van der Waals surface area contributed by atoms with Crippen LogP contribution in [0, 0.1) is 5.92 Å². The van der Waals surface area contributed by atoms with Gasteiger partial charge in [-0.2, -0.15) is 0 Å². The maximum absolute atomic E-state index is 11.9. The summed E-state index contributed by atoms with van der Waals surface area (Å²) in [4.78, 5) is 11.9. The first-order chi connectivity index (χ1) is 10.7. The van der Waals surface area contributed by atoms with Crippen LogP contribution in [0.25, 0.3) is 0 Å². The highest BCUT2D eigenvalue weighted by Gasteiger charge is 2.21. The Morgan fingerprint density at radius 3 is 2.39 bits per heavy atom. The van der Waals surface area contributed by atoms with E-state index >= 15 is 0 Å². The standard InChI is InChI=1S/C18H30N2O3/c1-13(2)9-10-18(4,23)12-19-17(22)20-14(3)11-15-5-7-16(21)8-6-15/h5-8,13-14,21,23H,9-12H2,1-4H3,(H2,19,20,22). The highest BCUT2D eigenvalue weighted by molar-refractivity contribution is 5.74. The van der Waals surface area contributed by atoms with Crippen molar-refractivity contribution in [2.24, 2.45) is 5.92 Å². The van der Waals surface area contributed by atoms with Gasteiger partial charge in [0.25, 0.3) is 0 Å². The molecular formula is C18H30N2O3. The van der Waals surface area contributed by atoms with Crippen molar-refractivity contribution in [2.75, 3.05) is 6.54 Å². The molecule has 130 valence electrons. The van der Waals surface area contributed by atoms with Crippen molar-refractivity contribution in [1.82, 2.24) is 10.6 Å². The number of amides is 2. The van der Waals surface area contributed by atoms with E-state index in [9.17, 15) is 15.0 Å². The summed E-state index contributed by atoms with van der Waals surface area (Å²) in [5.41, 5.74) is 0.154. The number of aliphatic hydroxyl groups is 1. The molecule has 0 aromatic heterocycles. The van der Waals surface area contributed by atoms with Crippen LogP contribution in [0.5, 0.6) is 5.75 Å². The van der Waals surface area contributed by atoms with Crippen LogP contribution in [0.2, 0.25) is 0 Å². The van der Waals surface area contributed by atoms with Gasteiger partial charge in [-0.1, -0.05) is 26.0 Å². The monoisotopic (exact) mass is 322 g/mol. The second kappa shape index (κ2) is 8.77. The van der Waals surface area contributed by atoms with E-state index in [4.69, 9.17) is 0 Å². The van der Waals surface area contributed by atoms with Gasteiger partial charge in [-0.3, -0.25) is 0 Å². The molecule has 0 saturated heterocycles. The average molecular weight is 322 g/mol. The van der Waals surface area contributed by atoms with Crippen molar-refractivity contribution < 1.29 is 15.0 Å². The lowest BCUT2D eigenvalue weighted by Crippen LogP contribution is -2.47. The molecule has 0 bridgehead atoms. The smallest absolute Gasteiger partial charge is 0.315 e. The Balaban J connectivity index is 2.33. The van der Waals surface area contributed by atoms with Crippen LogP contribution >= 0.6 is 0 Å². The summed E-state index contributed by atoms with van der Waals surface area (Å²) < 4.78 is 0. The fourth-order valence-corrected chi connectivity index (χ4v) is 2.27. The minimum Gasteiger partial charge on any atom is -0.508 e. The zero-order valence-corrected chi connectivity index (χ0v) is 14.6. The Bertz CT molecular complexity index is 484. The van der Waals surface area contributed by atoms with Crippen LogP contribution in [0.4, 0.5) is 4.79 Å². The van der Waals surface area contributed by atoms with Crippen molar-refractivity contribution in [2.45, 2.75) is 58.6 Å². The molecule has 4 N–H and O–H groups in total. The molecule has 0 aliphatic carbocycles. The fraction of sp³-hybridized carbons (Fsp3) is 0.611. The number of urea groups is 1. The average Bonchev–Trinajstić information content (AvgIpc) is 2.46. The van der Waals surface area contributed by atoms with Crippen molar-refractivity contribution >= 4 is 6.03 Å². The lowest BCUT2D eigenvalue weighted by molar-refractivity contribution is 0.0476. The maximum Gasteiger partial charge on any atom is 0.315 e. The predicted molar refractivity (Wildman–Crippen MR) is 92.5 cm³/mol. The van der Waals surface area contributed by atoms with Crippen molar-refractivity contribution in [3.05, 3.63) is 29.8 Å². The Labute approximate surface area is 139 Å². The third-order valence-electron chi connectivity index (χ3n) is 3.75. The molecule has 23 heavy (non-hydrogen) atoms. The summed E-state index contributed by atoms with van der Waals surface area (Å²) >= 11 is 0. The van der Waals surface area contributed by atoms with Crippen molar-refractivity contribution in [3.63, 3.8) is 0 Å². The van der Waals surface area contributed by atoms with Gasteiger partial charge in [0.05, 0.1) is 5.60 Å². The first kappa shape index (κ1) is 19.3. The third kappa shape index (κ3) is 8.45. The molecule has 0 aliphatic rings. The van der Waals surface area contributed by atoms with Gasteiger partial charge in [-0.25, -0.2) is 4.79 Å². The highest BCUT2D eigenvalue weighted by atomic mass is 16.3. The fourth-order valence-electron chi connectivity index (χ4n) is 2.27. The van der Waals surface area contributed by atoms with Crippen LogP contribution < -0.4 is 10.6 Å². The number of hydrogen-bond acceptors (Lipinski definition) is 3. The molecule has 0 saturated carbocycles. The molecule has 0 spiro atoms. The lowest BCUT2D eigenvalue weighted by Gasteiger charge is -2.25. The van der Waals surface area contributed by atoms with E-state index in [2.05, 4.69) is 24.5 Å². The van der Waals surface area contributed by atoms with Crippen molar-refractivity contribution in [1.29, 1.82) is 0 Å². The molecule has 0 fully saturated rings. The van der Waals surface area contributed by atoms with Gasteiger partial charge >= 0.3 is 6.03 Å². The molecule has 5 heteroatoms. The predicted octanol–water partition coefficient (Wildman–Crippen LogP) is 2.81. The van der Waals surface area contributed by atoms with Gasteiger partial charge in [0.15, 0.2) is 0 Å². The Morgan fingerprint density at radius 1 is 1.22 bits per heavy atom. The molecule has 0 aliphatic heterocycles. The molecular weight excluding hydrogens is 292 g/mol. The maximum atomic E-state index is 11.9. The molecule has 5 nitrogen and oxygen atoms in total. The number of rotatable bonds is 8. The lowest BCUT2D eigenvalue weighted by atomic mass is 9.95. The molecule has 0 radical (unpaired) electrons. The van der Waals surface area contributed by atoms with Crippen LogP contribution in [0.3, 0.4) is 0 Å². The molecule has 1 rings (SSSR count). The van der Waals surface area contributed by atoms with Crippen molar-refractivity contribution in [3.8, 4) is 5.75 Å². The normalized spacial score (nSPS) is 15.0. The van der Waals surface area contributed by atoms with Crippen LogP contribution in [-0.4, -0.2) is 34.4 Å². The van der Waals surface area contributed by atoms with Gasteiger partial charge in [0.1, 0.15) is 5.75 Å². The van der Waals surface area contributed by atoms with Gasteiger partial charge < -0.3 is 20.8 Å². The Morgan fingerprint density at radius 2 is 1.83 bits per heavy atom. The molecule has 2 amide bonds. The summed E-state index contributed by atoms with van der Waals surface area (Å²) in [6.07, 6.45) is 2.26. The summed E-state index contributed by atoms with van der Waals surface area (Å²) in [5, 5.41) is 25.1.